The van der Waals surface area contributed by atoms with E-state index >= 15 is 0 Å². The Morgan fingerprint density at radius 1 is 1.06 bits per heavy atom. The first-order valence-electron chi connectivity index (χ1n) is 10.4. The van der Waals surface area contributed by atoms with Crippen molar-refractivity contribution in [3.05, 3.63) is 63.1 Å². The SMILES string of the molecule is Cc1cc(N2CCN(Cc3c(C)nn(C)c3C)CC2)nc(-c2cccc([N+](=O)[O-])c2)n1. The Bertz CT molecular complexity index is 1120. The summed E-state index contributed by atoms with van der Waals surface area (Å²) in [5.74, 6) is 1.38. The summed E-state index contributed by atoms with van der Waals surface area (Å²) < 4.78 is 1.94. The van der Waals surface area contributed by atoms with E-state index in [2.05, 4.69) is 33.7 Å². The second-order valence-corrected chi connectivity index (χ2v) is 8.03. The highest BCUT2D eigenvalue weighted by Gasteiger charge is 2.21. The standard InChI is InChI=1S/C22H27N7O2/c1-15-12-21(24-22(23-15)18-6-5-7-19(13-18)29(30)31)28-10-8-27(9-11-28)14-20-16(2)25-26(4)17(20)3/h5-7,12-13H,8-11,14H2,1-4H3. The lowest BCUT2D eigenvalue weighted by molar-refractivity contribution is -0.384. The molecule has 9 nitrogen and oxygen atoms in total. The van der Waals surface area contributed by atoms with E-state index in [4.69, 9.17) is 4.98 Å². The van der Waals surface area contributed by atoms with Crippen molar-refractivity contribution in [2.45, 2.75) is 27.3 Å². The van der Waals surface area contributed by atoms with Crippen LogP contribution >= 0.6 is 0 Å². The van der Waals surface area contributed by atoms with Gasteiger partial charge < -0.3 is 4.90 Å². The summed E-state index contributed by atoms with van der Waals surface area (Å²) in [4.78, 5) is 24.7. The topological polar surface area (TPSA) is 93.2 Å². The first-order valence-corrected chi connectivity index (χ1v) is 10.4. The number of aryl methyl sites for hydroxylation is 3. The van der Waals surface area contributed by atoms with Gasteiger partial charge in [0.1, 0.15) is 5.82 Å². The summed E-state index contributed by atoms with van der Waals surface area (Å²) in [6.07, 6.45) is 0. The van der Waals surface area contributed by atoms with E-state index in [0.717, 1.165) is 49.9 Å². The van der Waals surface area contributed by atoms with Crippen LogP contribution in [0.2, 0.25) is 0 Å². The van der Waals surface area contributed by atoms with Gasteiger partial charge in [0.05, 0.1) is 10.6 Å². The minimum absolute atomic E-state index is 0.0405. The third-order valence-electron chi connectivity index (χ3n) is 5.89. The second-order valence-electron chi connectivity index (χ2n) is 8.03. The van der Waals surface area contributed by atoms with E-state index in [0.29, 0.717) is 11.4 Å². The van der Waals surface area contributed by atoms with Gasteiger partial charge in [-0.1, -0.05) is 12.1 Å². The molecule has 162 valence electrons. The molecule has 0 atom stereocenters. The van der Waals surface area contributed by atoms with E-state index in [1.165, 1.54) is 23.4 Å². The van der Waals surface area contributed by atoms with Crippen molar-refractivity contribution >= 4 is 11.5 Å². The number of aromatic nitrogens is 4. The molecule has 0 saturated carbocycles. The van der Waals surface area contributed by atoms with Crippen LogP contribution in [0.25, 0.3) is 11.4 Å². The Labute approximate surface area is 181 Å². The number of nitro benzene ring substituents is 1. The first-order chi connectivity index (χ1) is 14.8. The van der Waals surface area contributed by atoms with Gasteiger partial charge in [0.2, 0.25) is 0 Å². The van der Waals surface area contributed by atoms with Crippen molar-refractivity contribution in [3.63, 3.8) is 0 Å². The van der Waals surface area contributed by atoms with Crippen LogP contribution in [0.1, 0.15) is 22.6 Å². The van der Waals surface area contributed by atoms with Crippen molar-refractivity contribution in [2.75, 3.05) is 31.1 Å². The lowest BCUT2D eigenvalue weighted by Crippen LogP contribution is -2.46. The fraction of sp³-hybridized carbons (Fsp3) is 0.409. The lowest BCUT2D eigenvalue weighted by atomic mass is 10.1. The summed E-state index contributed by atoms with van der Waals surface area (Å²) in [5, 5.41) is 15.6. The van der Waals surface area contributed by atoms with Crippen molar-refractivity contribution < 1.29 is 4.92 Å². The summed E-state index contributed by atoms with van der Waals surface area (Å²) in [6, 6.07) is 8.45. The van der Waals surface area contributed by atoms with Crippen molar-refractivity contribution in [3.8, 4) is 11.4 Å². The highest BCUT2D eigenvalue weighted by atomic mass is 16.6. The van der Waals surface area contributed by atoms with E-state index in [-0.39, 0.29) is 5.69 Å². The third kappa shape index (κ3) is 4.41. The molecule has 2 aromatic heterocycles. The molecule has 0 radical (unpaired) electrons. The number of nitrogens with zero attached hydrogens (tertiary/aromatic N) is 7. The predicted octanol–water partition coefficient (Wildman–Crippen LogP) is 3.03. The van der Waals surface area contributed by atoms with Gasteiger partial charge in [0.25, 0.3) is 5.69 Å². The molecule has 0 unspecified atom stereocenters. The Morgan fingerprint density at radius 3 is 2.45 bits per heavy atom. The lowest BCUT2D eigenvalue weighted by Gasteiger charge is -2.35. The van der Waals surface area contributed by atoms with Crippen LogP contribution in [0.15, 0.2) is 30.3 Å². The highest BCUT2D eigenvalue weighted by molar-refractivity contribution is 5.61. The Hall–Kier alpha value is -3.33. The van der Waals surface area contributed by atoms with Gasteiger partial charge in [-0.25, -0.2) is 9.97 Å². The zero-order valence-electron chi connectivity index (χ0n) is 18.4. The van der Waals surface area contributed by atoms with Crippen LogP contribution in [0.3, 0.4) is 0 Å². The van der Waals surface area contributed by atoms with Crippen LogP contribution in [-0.2, 0) is 13.6 Å². The van der Waals surface area contributed by atoms with E-state index in [1.807, 2.05) is 30.8 Å². The Kier molecular flexibility index (Phi) is 5.69. The zero-order valence-corrected chi connectivity index (χ0v) is 18.4. The van der Waals surface area contributed by atoms with Crippen molar-refractivity contribution in [1.82, 2.24) is 24.6 Å². The number of rotatable bonds is 5. The molecule has 3 heterocycles. The van der Waals surface area contributed by atoms with Gasteiger partial charge in [-0.3, -0.25) is 19.7 Å². The number of hydrogen-bond donors (Lipinski definition) is 0. The van der Waals surface area contributed by atoms with Gasteiger partial charge in [-0.2, -0.15) is 5.10 Å². The van der Waals surface area contributed by atoms with Crippen LogP contribution in [0, 0.1) is 30.9 Å². The number of nitro groups is 1. The average molecular weight is 422 g/mol. The summed E-state index contributed by atoms with van der Waals surface area (Å²) in [5.41, 5.74) is 5.15. The third-order valence-corrected chi connectivity index (χ3v) is 5.89. The normalized spacial score (nSPS) is 14.8. The van der Waals surface area contributed by atoms with Gasteiger partial charge >= 0.3 is 0 Å². The Balaban J connectivity index is 1.49. The number of benzene rings is 1. The van der Waals surface area contributed by atoms with E-state index in [9.17, 15) is 10.1 Å². The molecule has 0 bridgehead atoms. The van der Waals surface area contributed by atoms with Crippen molar-refractivity contribution in [1.29, 1.82) is 0 Å². The van der Waals surface area contributed by atoms with E-state index in [1.54, 1.807) is 6.07 Å². The smallest absolute Gasteiger partial charge is 0.270 e. The molecule has 0 aliphatic carbocycles. The average Bonchev–Trinajstić information content (AvgIpc) is 3.00. The molecule has 9 heteroatoms. The molecule has 1 aliphatic rings. The summed E-state index contributed by atoms with van der Waals surface area (Å²) >= 11 is 0. The molecule has 0 N–H and O–H groups in total. The van der Waals surface area contributed by atoms with Crippen LogP contribution in [-0.4, -0.2) is 55.8 Å². The molecule has 1 aromatic carbocycles. The van der Waals surface area contributed by atoms with E-state index < -0.39 is 4.92 Å². The fourth-order valence-corrected chi connectivity index (χ4v) is 4.01. The maximum absolute atomic E-state index is 11.1. The van der Waals surface area contributed by atoms with Gasteiger partial charge in [0, 0.05) is 80.5 Å². The van der Waals surface area contributed by atoms with Crippen molar-refractivity contribution in [2.24, 2.45) is 7.05 Å². The van der Waals surface area contributed by atoms with Crippen LogP contribution in [0.5, 0.6) is 0 Å². The molecule has 0 spiro atoms. The molecule has 31 heavy (non-hydrogen) atoms. The molecular weight excluding hydrogens is 394 g/mol. The Morgan fingerprint density at radius 2 is 1.81 bits per heavy atom. The van der Waals surface area contributed by atoms with Gasteiger partial charge in [0.15, 0.2) is 5.82 Å². The zero-order chi connectivity index (χ0) is 22.1. The number of hydrogen-bond acceptors (Lipinski definition) is 7. The molecule has 4 rings (SSSR count). The van der Waals surface area contributed by atoms with Gasteiger partial charge in [-0.15, -0.1) is 0 Å². The molecule has 0 amide bonds. The van der Waals surface area contributed by atoms with Gasteiger partial charge in [-0.05, 0) is 20.8 Å². The number of anilines is 1. The minimum atomic E-state index is -0.398. The van der Waals surface area contributed by atoms with Crippen LogP contribution in [0.4, 0.5) is 11.5 Å². The molecule has 1 aliphatic heterocycles. The first kappa shape index (κ1) is 20.9. The quantitative estimate of drug-likeness (QED) is 0.462. The largest absolute Gasteiger partial charge is 0.354 e. The number of non-ortho nitro benzene ring substituents is 1. The number of piperazine rings is 1. The molecule has 1 saturated heterocycles. The highest BCUT2D eigenvalue weighted by Crippen LogP contribution is 2.25. The maximum Gasteiger partial charge on any atom is 0.270 e. The van der Waals surface area contributed by atoms with Crippen LogP contribution < -0.4 is 4.90 Å². The molecule has 1 fully saturated rings. The molecular formula is C22H27N7O2. The summed E-state index contributed by atoms with van der Waals surface area (Å²) in [6.45, 7) is 10.6. The monoisotopic (exact) mass is 421 g/mol. The second kappa shape index (κ2) is 8.43. The fourth-order valence-electron chi connectivity index (χ4n) is 4.01. The minimum Gasteiger partial charge on any atom is -0.354 e. The molecule has 3 aromatic rings. The predicted molar refractivity (Wildman–Crippen MR) is 119 cm³/mol. The maximum atomic E-state index is 11.1. The summed E-state index contributed by atoms with van der Waals surface area (Å²) in [7, 11) is 1.99.